The molecule has 1 aliphatic heterocycles. The van der Waals surface area contributed by atoms with Crippen molar-refractivity contribution in [3.05, 3.63) is 59.4 Å². The maximum absolute atomic E-state index is 12.4. The van der Waals surface area contributed by atoms with Gasteiger partial charge in [0.15, 0.2) is 0 Å². The van der Waals surface area contributed by atoms with Crippen LogP contribution in [0.1, 0.15) is 48.9 Å². The summed E-state index contributed by atoms with van der Waals surface area (Å²) in [5.74, 6) is 0.665. The number of aromatic nitrogens is 1. The van der Waals surface area contributed by atoms with Crippen molar-refractivity contribution in [2.75, 3.05) is 18.8 Å². The monoisotopic (exact) mass is 395 g/mol. The molecule has 1 unspecified atom stereocenters. The summed E-state index contributed by atoms with van der Waals surface area (Å²) >= 11 is 1.66. The van der Waals surface area contributed by atoms with Crippen LogP contribution in [0.25, 0.3) is 0 Å². The third-order valence-corrected chi connectivity index (χ3v) is 7.06. The molecular weight excluding hydrogens is 366 g/mol. The number of piperidine rings is 1. The molecule has 1 N–H and O–H groups in total. The van der Waals surface area contributed by atoms with E-state index in [1.165, 1.54) is 40.8 Å². The second-order valence-electron chi connectivity index (χ2n) is 7.91. The minimum Gasteiger partial charge on any atom is -0.353 e. The van der Waals surface area contributed by atoms with E-state index < -0.39 is 0 Å². The fourth-order valence-electron chi connectivity index (χ4n) is 4.34. The van der Waals surface area contributed by atoms with Crippen molar-refractivity contribution < 1.29 is 4.79 Å². The number of benzene rings is 1. The molecule has 1 fully saturated rings. The fourth-order valence-corrected chi connectivity index (χ4v) is 5.11. The first-order chi connectivity index (χ1) is 13.7. The molecule has 1 atom stereocenters. The van der Waals surface area contributed by atoms with Gasteiger partial charge in [0, 0.05) is 42.5 Å². The molecule has 2 aromatic rings. The van der Waals surface area contributed by atoms with E-state index in [1.807, 2.05) is 12.4 Å². The number of carbonyl (C=O) groups is 1. The predicted octanol–water partition coefficient (Wildman–Crippen LogP) is 4.00. The second-order valence-corrected chi connectivity index (χ2v) is 8.96. The lowest BCUT2D eigenvalue weighted by Crippen LogP contribution is -2.45. The molecule has 0 bridgehead atoms. The summed E-state index contributed by atoms with van der Waals surface area (Å²) in [5.41, 5.74) is 4.27. The van der Waals surface area contributed by atoms with Crippen LogP contribution < -0.4 is 5.32 Å². The molecule has 4 nitrogen and oxygen atoms in total. The molecule has 5 heteroatoms. The smallest absolute Gasteiger partial charge is 0.230 e. The summed E-state index contributed by atoms with van der Waals surface area (Å²) in [5, 5.41) is 3.24. The van der Waals surface area contributed by atoms with Crippen molar-refractivity contribution in [2.45, 2.75) is 56.0 Å². The summed E-state index contributed by atoms with van der Waals surface area (Å²) in [7, 11) is 0. The van der Waals surface area contributed by atoms with Crippen LogP contribution >= 0.6 is 11.8 Å². The van der Waals surface area contributed by atoms with E-state index in [-0.39, 0.29) is 5.91 Å². The molecule has 1 aromatic heterocycles. The Hall–Kier alpha value is -1.85. The zero-order valence-corrected chi connectivity index (χ0v) is 17.4. The molecular formula is C23H29N3OS. The van der Waals surface area contributed by atoms with Gasteiger partial charge in [-0.25, -0.2) is 0 Å². The van der Waals surface area contributed by atoms with Gasteiger partial charge >= 0.3 is 0 Å². The van der Waals surface area contributed by atoms with Crippen molar-refractivity contribution >= 4 is 17.7 Å². The van der Waals surface area contributed by atoms with Crippen LogP contribution in [0.4, 0.5) is 0 Å². The molecule has 2 heterocycles. The Bertz CT molecular complexity index is 803. The molecule has 0 spiro atoms. The van der Waals surface area contributed by atoms with Gasteiger partial charge in [-0.2, -0.15) is 0 Å². The highest BCUT2D eigenvalue weighted by Crippen LogP contribution is 2.28. The molecule has 0 radical (unpaired) electrons. The Kier molecular flexibility index (Phi) is 6.33. The van der Waals surface area contributed by atoms with Gasteiger partial charge in [0.1, 0.15) is 0 Å². The highest BCUT2D eigenvalue weighted by molar-refractivity contribution is 8.00. The fraction of sp³-hybridized carbons (Fsp3) is 0.478. The first kappa shape index (κ1) is 19.5. The number of likely N-dealkylation sites (tertiary alicyclic amines) is 1. The Morgan fingerprint density at radius 2 is 1.93 bits per heavy atom. The van der Waals surface area contributed by atoms with E-state index >= 15 is 0 Å². The van der Waals surface area contributed by atoms with Crippen molar-refractivity contribution in [3.8, 4) is 0 Å². The maximum Gasteiger partial charge on any atom is 0.230 e. The number of amides is 1. The van der Waals surface area contributed by atoms with Crippen molar-refractivity contribution in [1.82, 2.24) is 15.2 Å². The molecule has 0 saturated carbocycles. The number of pyridine rings is 1. The molecule has 2 aliphatic rings. The van der Waals surface area contributed by atoms with E-state index in [2.05, 4.69) is 52.5 Å². The Balaban J connectivity index is 1.21. The average Bonchev–Trinajstić information content (AvgIpc) is 3.21. The molecule has 1 aromatic carbocycles. The van der Waals surface area contributed by atoms with Crippen molar-refractivity contribution in [1.29, 1.82) is 0 Å². The van der Waals surface area contributed by atoms with E-state index in [0.29, 0.717) is 17.8 Å². The maximum atomic E-state index is 12.4. The Labute approximate surface area is 172 Å². The number of nitrogens with one attached hydrogen (secondary N) is 1. The topological polar surface area (TPSA) is 45.2 Å². The van der Waals surface area contributed by atoms with Gasteiger partial charge < -0.3 is 5.32 Å². The summed E-state index contributed by atoms with van der Waals surface area (Å²) in [6.07, 6.45) is 9.42. The molecule has 1 amide bonds. The third kappa shape index (κ3) is 4.76. The van der Waals surface area contributed by atoms with Gasteiger partial charge in [0.05, 0.1) is 5.75 Å². The number of fused-ring (bicyclic) bond motifs is 1. The molecule has 148 valence electrons. The number of hydrogen-bond acceptors (Lipinski definition) is 4. The molecule has 1 saturated heterocycles. The van der Waals surface area contributed by atoms with E-state index in [0.717, 1.165) is 25.9 Å². The second kappa shape index (κ2) is 9.10. The van der Waals surface area contributed by atoms with Gasteiger partial charge in [-0.05, 0) is 80.0 Å². The standard InChI is InChI=1S/C23H29N3OS/c1-17(18-7-11-24-12-8-18)26-13-9-21(10-14-26)25-23(27)16-28-22-6-5-19-3-2-4-20(19)15-22/h5-8,11-12,15,17,21H,2-4,9-10,13-14,16H2,1H3,(H,25,27). The molecule has 4 rings (SSSR count). The van der Waals surface area contributed by atoms with Crippen molar-refractivity contribution in [2.24, 2.45) is 0 Å². The van der Waals surface area contributed by atoms with Gasteiger partial charge in [0.2, 0.25) is 5.91 Å². The Morgan fingerprint density at radius 3 is 2.71 bits per heavy atom. The highest BCUT2D eigenvalue weighted by atomic mass is 32.2. The minimum absolute atomic E-state index is 0.158. The SMILES string of the molecule is CC(c1ccncc1)N1CCC(NC(=O)CSc2ccc3c(c2)CCC3)CC1. The third-order valence-electron chi connectivity index (χ3n) is 6.07. The van der Waals surface area contributed by atoms with Gasteiger partial charge in [-0.1, -0.05) is 6.07 Å². The van der Waals surface area contributed by atoms with Crippen LogP contribution in [0.15, 0.2) is 47.6 Å². The van der Waals surface area contributed by atoms with E-state index in [4.69, 9.17) is 0 Å². The quantitative estimate of drug-likeness (QED) is 0.751. The van der Waals surface area contributed by atoms with E-state index in [1.54, 1.807) is 11.8 Å². The summed E-state index contributed by atoms with van der Waals surface area (Å²) in [6.45, 7) is 4.29. The summed E-state index contributed by atoms with van der Waals surface area (Å²) in [4.78, 5) is 20.2. The summed E-state index contributed by atoms with van der Waals surface area (Å²) in [6, 6.07) is 11.6. The van der Waals surface area contributed by atoms with Crippen LogP contribution in [0.3, 0.4) is 0 Å². The lowest BCUT2D eigenvalue weighted by atomic mass is 10.0. The average molecular weight is 396 g/mol. The number of hydrogen-bond donors (Lipinski definition) is 1. The minimum atomic E-state index is 0.158. The van der Waals surface area contributed by atoms with Gasteiger partial charge in [-0.15, -0.1) is 11.8 Å². The van der Waals surface area contributed by atoms with Crippen molar-refractivity contribution in [3.63, 3.8) is 0 Å². The van der Waals surface area contributed by atoms with Crippen LogP contribution in [0, 0.1) is 0 Å². The van der Waals surface area contributed by atoms with Crippen LogP contribution in [0.5, 0.6) is 0 Å². The van der Waals surface area contributed by atoms with Gasteiger partial charge in [-0.3, -0.25) is 14.7 Å². The van der Waals surface area contributed by atoms with Crippen LogP contribution in [-0.4, -0.2) is 40.7 Å². The largest absolute Gasteiger partial charge is 0.353 e. The number of carbonyl (C=O) groups excluding carboxylic acids is 1. The predicted molar refractivity (Wildman–Crippen MR) is 115 cm³/mol. The number of rotatable bonds is 6. The van der Waals surface area contributed by atoms with Crippen LogP contribution in [0.2, 0.25) is 0 Å². The molecule has 1 aliphatic carbocycles. The zero-order valence-electron chi connectivity index (χ0n) is 16.6. The first-order valence-electron chi connectivity index (χ1n) is 10.4. The molecule has 28 heavy (non-hydrogen) atoms. The highest BCUT2D eigenvalue weighted by Gasteiger charge is 2.24. The van der Waals surface area contributed by atoms with Gasteiger partial charge in [0.25, 0.3) is 0 Å². The lowest BCUT2D eigenvalue weighted by molar-refractivity contribution is -0.119. The zero-order chi connectivity index (χ0) is 19.3. The Morgan fingerprint density at radius 1 is 1.18 bits per heavy atom. The normalized spacial score (nSPS) is 18.6. The lowest BCUT2D eigenvalue weighted by Gasteiger charge is -2.36. The number of thioether (sulfide) groups is 1. The summed E-state index contributed by atoms with van der Waals surface area (Å²) < 4.78 is 0. The number of aryl methyl sites for hydroxylation is 2. The number of nitrogens with zero attached hydrogens (tertiary/aromatic N) is 2. The van der Waals surface area contributed by atoms with E-state index in [9.17, 15) is 4.79 Å². The first-order valence-corrected chi connectivity index (χ1v) is 11.4. The van der Waals surface area contributed by atoms with Crippen LogP contribution in [-0.2, 0) is 17.6 Å².